The highest BCUT2D eigenvalue weighted by Gasteiger charge is 2.13. The third-order valence-corrected chi connectivity index (χ3v) is 4.36. The zero-order valence-corrected chi connectivity index (χ0v) is 12.4. The highest BCUT2D eigenvalue weighted by Crippen LogP contribution is 2.26. The number of fused-ring (bicyclic) bond motifs is 1. The molecule has 0 aliphatic rings. The van der Waals surface area contributed by atoms with Gasteiger partial charge in [-0.2, -0.15) is 0 Å². The Balaban J connectivity index is 1.78. The molecule has 4 heteroatoms. The van der Waals surface area contributed by atoms with E-state index in [1.165, 1.54) is 4.70 Å². The molecule has 0 aliphatic carbocycles. The van der Waals surface area contributed by atoms with Crippen LogP contribution in [0.4, 0.5) is 5.69 Å². The Bertz CT molecular complexity index is 807. The monoisotopic (exact) mass is 297 g/mol. The molecule has 0 unspecified atom stereocenters. The number of carbonyl (C=O) groups excluding carboxylic acids is 1. The maximum Gasteiger partial charge on any atom is 0.340 e. The SMILES string of the molecule is Cc1ccc(N)c(C(=O)OCc2csc3ccccc23)c1. The maximum absolute atomic E-state index is 12.2. The normalized spacial score (nSPS) is 10.7. The minimum atomic E-state index is -0.383. The van der Waals surface area contributed by atoms with Gasteiger partial charge >= 0.3 is 5.97 Å². The van der Waals surface area contributed by atoms with Crippen molar-refractivity contribution in [2.75, 3.05) is 5.73 Å². The van der Waals surface area contributed by atoms with E-state index in [4.69, 9.17) is 10.5 Å². The van der Waals surface area contributed by atoms with Crippen LogP contribution in [0.2, 0.25) is 0 Å². The second-order valence-corrected chi connectivity index (χ2v) is 5.84. The Labute approximate surface area is 127 Å². The quantitative estimate of drug-likeness (QED) is 0.583. The second-order valence-electron chi connectivity index (χ2n) is 4.92. The average Bonchev–Trinajstić information content (AvgIpc) is 2.90. The molecule has 0 amide bonds. The summed E-state index contributed by atoms with van der Waals surface area (Å²) in [5.74, 6) is -0.383. The van der Waals surface area contributed by atoms with Gasteiger partial charge in [-0.3, -0.25) is 0 Å². The minimum absolute atomic E-state index is 0.260. The molecule has 0 fully saturated rings. The lowest BCUT2D eigenvalue weighted by Gasteiger charge is -2.07. The number of esters is 1. The van der Waals surface area contributed by atoms with E-state index >= 15 is 0 Å². The number of ether oxygens (including phenoxy) is 1. The number of thiophene rings is 1. The van der Waals surface area contributed by atoms with E-state index in [2.05, 4.69) is 6.07 Å². The van der Waals surface area contributed by atoms with E-state index in [9.17, 15) is 4.79 Å². The van der Waals surface area contributed by atoms with Crippen molar-refractivity contribution >= 4 is 33.1 Å². The van der Waals surface area contributed by atoms with Crippen molar-refractivity contribution in [3.8, 4) is 0 Å². The topological polar surface area (TPSA) is 52.3 Å². The Kier molecular flexibility index (Phi) is 3.62. The molecule has 0 radical (unpaired) electrons. The lowest BCUT2D eigenvalue weighted by Crippen LogP contribution is -2.08. The first kappa shape index (κ1) is 13.6. The van der Waals surface area contributed by atoms with Crippen LogP contribution in [0.1, 0.15) is 21.5 Å². The van der Waals surface area contributed by atoms with E-state index in [1.807, 2.05) is 36.6 Å². The van der Waals surface area contributed by atoms with Crippen LogP contribution in [0, 0.1) is 6.92 Å². The smallest absolute Gasteiger partial charge is 0.340 e. The van der Waals surface area contributed by atoms with Gasteiger partial charge < -0.3 is 10.5 Å². The van der Waals surface area contributed by atoms with Crippen molar-refractivity contribution in [1.29, 1.82) is 0 Å². The molecule has 3 nitrogen and oxygen atoms in total. The number of hydrogen-bond acceptors (Lipinski definition) is 4. The number of aryl methyl sites for hydroxylation is 1. The zero-order valence-electron chi connectivity index (χ0n) is 11.6. The fraction of sp³-hybridized carbons (Fsp3) is 0.118. The number of carbonyl (C=O) groups is 1. The Morgan fingerprint density at radius 3 is 2.90 bits per heavy atom. The predicted molar refractivity (Wildman–Crippen MR) is 86.5 cm³/mol. The van der Waals surface area contributed by atoms with Gasteiger partial charge in [-0.25, -0.2) is 4.79 Å². The van der Waals surface area contributed by atoms with Gasteiger partial charge in [-0.05, 0) is 35.9 Å². The molecule has 0 bridgehead atoms. The van der Waals surface area contributed by atoms with Crippen molar-refractivity contribution in [2.45, 2.75) is 13.5 Å². The standard InChI is InChI=1S/C17H15NO2S/c1-11-6-7-15(18)14(8-11)17(19)20-9-12-10-21-16-5-3-2-4-13(12)16/h2-8,10H,9,18H2,1H3. The van der Waals surface area contributed by atoms with Gasteiger partial charge in [-0.15, -0.1) is 11.3 Å². The van der Waals surface area contributed by atoms with Gasteiger partial charge in [0, 0.05) is 16.0 Å². The molecule has 3 aromatic rings. The molecule has 21 heavy (non-hydrogen) atoms. The molecule has 1 aromatic heterocycles. The zero-order chi connectivity index (χ0) is 14.8. The fourth-order valence-electron chi connectivity index (χ4n) is 2.21. The van der Waals surface area contributed by atoms with Crippen LogP contribution < -0.4 is 5.73 Å². The third kappa shape index (κ3) is 2.76. The molecule has 2 N–H and O–H groups in total. The molecule has 0 saturated carbocycles. The summed E-state index contributed by atoms with van der Waals surface area (Å²) in [6, 6.07) is 13.4. The number of hydrogen-bond donors (Lipinski definition) is 1. The Hall–Kier alpha value is -2.33. The number of benzene rings is 2. The van der Waals surface area contributed by atoms with Crippen molar-refractivity contribution in [3.63, 3.8) is 0 Å². The van der Waals surface area contributed by atoms with Crippen LogP contribution in [0.15, 0.2) is 47.8 Å². The summed E-state index contributed by atoms with van der Waals surface area (Å²) in [4.78, 5) is 12.2. The number of nitrogen functional groups attached to an aromatic ring is 1. The summed E-state index contributed by atoms with van der Waals surface area (Å²) in [7, 11) is 0. The third-order valence-electron chi connectivity index (χ3n) is 3.35. The van der Waals surface area contributed by atoms with E-state index in [0.717, 1.165) is 16.5 Å². The van der Waals surface area contributed by atoms with E-state index in [-0.39, 0.29) is 12.6 Å². The van der Waals surface area contributed by atoms with Crippen LogP contribution in [0.3, 0.4) is 0 Å². The highest BCUT2D eigenvalue weighted by atomic mass is 32.1. The minimum Gasteiger partial charge on any atom is -0.457 e. The van der Waals surface area contributed by atoms with Gasteiger partial charge in [0.05, 0.1) is 5.56 Å². The lowest BCUT2D eigenvalue weighted by atomic mass is 10.1. The first-order chi connectivity index (χ1) is 10.1. The van der Waals surface area contributed by atoms with Gasteiger partial charge in [0.2, 0.25) is 0 Å². The molecule has 3 rings (SSSR count). The predicted octanol–water partition coefficient (Wildman–Crippen LogP) is 4.15. The molecule has 0 atom stereocenters. The van der Waals surface area contributed by atoms with Crippen LogP contribution in [-0.4, -0.2) is 5.97 Å². The molecular formula is C17H15NO2S. The number of anilines is 1. The van der Waals surface area contributed by atoms with Crippen LogP contribution in [-0.2, 0) is 11.3 Å². The summed E-state index contributed by atoms with van der Waals surface area (Å²) in [6.45, 7) is 2.18. The molecule has 0 aliphatic heterocycles. The summed E-state index contributed by atoms with van der Waals surface area (Å²) < 4.78 is 6.60. The largest absolute Gasteiger partial charge is 0.457 e. The summed E-state index contributed by atoms with van der Waals surface area (Å²) in [5, 5.41) is 3.16. The van der Waals surface area contributed by atoms with Crippen molar-refractivity contribution in [3.05, 3.63) is 64.5 Å². The van der Waals surface area contributed by atoms with Gasteiger partial charge in [0.15, 0.2) is 0 Å². The highest BCUT2D eigenvalue weighted by molar-refractivity contribution is 7.17. The van der Waals surface area contributed by atoms with Crippen molar-refractivity contribution in [2.24, 2.45) is 0 Å². The maximum atomic E-state index is 12.2. The molecule has 106 valence electrons. The van der Waals surface area contributed by atoms with Gasteiger partial charge in [0.1, 0.15) is 6.61 Å². The van der Waals surface area contributed by atoms with Crippen LogP contribution >= 0.6 is 11.3 Å². The average molecular weight is 297 g/mol. The van der Waals surface area contributed by atoms with E-state index in [1.54, 1.807) is 23.5 Å². The first-order valence-electron chi connectivity index (χ1n) is 6.63. The molecule has 0 spiro atoms. The molecular weight excluding hydrogens is 282 g/mol. The molecule has 2 aromatic carbocycles. The van der Waals surface area contributed by atoms with Crippen LogP contribution in [0.25, 0.3) is 10.1 Å². The van der Waals surface area contributed by atoms with E-state index < -0.39 is 0 Å². The Morgan fingerprint density at radius 1 is 1.24 bits per heavy atom. The second kappa shape index (κ2) is 5.58. The summed E-state index contributed by atoms with van der Waals surface area (Å²) in [5.41, 5.74) is 8.71. The van der Waals surface area contributed by atoms with Gasteiger partial charge in [0.25, 0.3) is 0 Å². The lowest BCUT2D eigenvalue weighted by molar-refractivity contribution is 0.0476. The van der Waals surface area contributed by atoms with Crippen molar-refractivity contribution < 1.29 is 9.53 Å². The van der Waals surface area contributed by atoms with Crippen LogP contribution in [0.5, 0.6) is 0 Å². The van der Waals surface area contributed by atoms with Gasteiger partial charge in [-0.1, -0.05) is 29.8 Å². The summed E-state index contributed by atoms with van der Waals surface area (Å²) in [6.07, 6.45) is 0. The first-order valence-corrected chi connectivity index (χ1v) is 7.51. The fourth-order valence-corrected chi connectivity index (χ4v) is 3.16. The number of rotatable bonds is 3. The summed E-state index contributed by atoms with van der Waals surface area (Å²) >= 11 is 1.65. The number of nitrogens with two attached hydrogens (primary N) is 1. The Morgan fingerprint density at radius 2 is 2.05 bits per heavy atom. The van der Waals surface area contributed by atoms with Crippen molar-refractivity contribution in [1.82, 2.24) is 0 Å². The molecule has 1 heterocycles. The molecule has 0 saturated heterocycles. The van der Waals surface area contributed by atoms with E-state index in [0.29, 0.717) is 11.3 Å².